The number of rotatable bonds is 11. The molecule has 2 aliphatic rings. The third kappa shape index (κ3) is 7.09. The molecule has 1 saturated heterocycles. The molecule has 7 N–H and O–H groups in total. The standard InChI is InChI=1S/C23H25ClN8O7S4/c1-32(2,39)21(35)10(25)7-40-6-9-5-27-4-3-11(9)42-12-8-41-20-15(19(34)31(20)16(12)22(36)37)28-18(33)14(30-38)13-17(24)43-23(26)29-13/h3-5,10,15,20,39H,6-8,25H2,1-2H3,(H4-,26,28,29,33,36,37,38)/t10-,15+,20-/m0/s1. The number of aromatic nitrogens is 2. The predicted octanol–water partition coefficient (Wildman–Crippen LogP) is -0.342. The minimum Gasteiger partial charge on any atom is -0.543 e. The van der Waals surface area contributed by atoms with E-state index < -0.39 is 51.5 Å². The van der Waals surface area contributed by atoms with Crippen molar-refractivity contribution in [2.75, 3.05) is 31.3 Å². The number of hydrogen-bond acceptors (Lipinski definition) is 16. The maximum Gasteiger partial charge on any atom is 0.362 e. The Morgan fingerprint density at radius 1 is 1.40 bits per heavy atom. The maximum atomic E-state index is 13.1. The number of halogens is 1. The number of nitrogen functional groups attached to an aromatic ring is 1. The number of quaternary nitrogens is 1. The zero-order chi connectivity index (χ0) is 31.6. The molecule has 43 heavy (non-hydrogen) atoms. The molecule has 0 bridgehead atoms. The predicted molar refractivity (Wildman–Crippen MR) is 160 cm³/mol. The fourth-order valence-electron chi connectivity index (χ4n) is 4.06. The van der Waals surface area contributed by atoms with Gasteiger partial charge in [-0.3, -0.25) is 19.5 Å². The molecular formula is C23H25ClN8O7S4. The summed E-state index contributed by atoms with van der Waals surface area (Å²) in [7, 11) is 2.62. The summed E-state index contributed by atoms with van der Waals surface area (Å²) in [6.07, 6.45) is 3.15. The molecule has 3 amide bonds. The van der Waals surface area contributed by atoms with Crippen LogP contribution in [0, 0.1) is 0 Å². The molecule has 0 aromatic carbocycles. The normalized spacial score (nSPS) is 19.5. The molecule has 3 atom stereocenters. The van der Waals surface area contributed by atoms with Crippen molar-refractivity contribution < 1.29 is 39.3 Å². The fourth-order valence-corrected chi connectivity index (χ4v) is 8.61. The van der Waals surface area contributed by atoms with Gasteiger partial charge >= 0.3 is 5.91 Å². The first kappa shape index (κ1) is 33.0. The van der Waals surface area contributed by atoms with E-state index in [0.717, 1.165) is 33.6 Å². The number of thiazole rings is 1. The van der Waals surface area contributed by atoms with Crippen molar-refractivity contribution >= 4 is 92.8 Å². The summed E-state index contributed by atoms with van der Waals surface area (Å²) >= 11 is 10.6. The van der Waals surface area contributed by atoms with Crippen LogP contribution in [0.5, 0.6) is 0 Å². The monoisotopic (exact) mass is 688 g/mol. The highest BCUT2D eigenvalue weighted by Crippen LogP contribution is 2.45. The Morgan fingerprint density at radius 2 is 2.12 bits per heavy atom. The molecule has 2 aromatic heterocycles. The highest BCUT2D eigenvalue weighted by atomic mass is 35.5. The third-order valence-corrected chi connectivity index (χ3v) is 10.9. The van der Waals surface area contributed by atoms with Gasteiger partial charge in [0.05, 0.1) is 11.7 Å². The molecule has 0 unspecified atom stereocenters. The number of oxime groups is 1. The lowest BCUT2D eigenvalue weighted by Crippen LogP contribution is -2.71. The molecular weight excluding hydrogens is 664 g/mol. The average Bonchev–Trinajstić information content (AvgIpc) is 3.28. The molecule has 15 nitrogen and oxygen atoms in total. The third-order valence-electron chi connectivity index (χ3n) is 6.06. The lowest BCUT2D eigenvalue weighted by atomic mass is 10.0. The largest absolute Gasteiger partial charge is 0.543 e. The van der Waals surface area contributed by atoms with Crippen molar-refractivity contribution in [1.82, 2.24) is 20.2 Å². The van der Waals surface area contributed by atoms with Gasteiger partial charge in [0.2, 0.25) is 0 Å². The van der Waals surface area contributed by atoms with E-state index in [1.54, 1.807) is 18.5 Å². The van der Waals surface area contributed by atoms with Crippen LogP contribution in [-0.4, -0.2) is 102 Å². The van der Waals surface area contributed by atoms with Crippen LogP contribution in [0.1, 0.15) is 11.3 Å². The van der Waals surface area contributed by atoms with Crippen molar-refractivity contribution in [1.29, 1.82) is 0 Å². The minimum atomic E-state index is -1.56. The van der Waals surface area contributed by atoms with Gasteiger partial charge in [0.1, 0.15) is 41.6 Å². The number of carbonyl (C=O) groups is 4. The number of pyridine rings is 1. The Kier molecular flexibility index (Phi) is 10.3. The number of amides is 3. The van der Waals surface area contributed by atoms with Gasteiger partial charge in [0.25, 0.3) is 11.8 Å². The van der Waals surface area contributed by atoms with E-state index in [2.05, 4.69) is 20.4 Å². The Labute approximate surface area is 266 Å². The summed E-state index contributed by atoms with van der Waals surface area (Å²) in [5.41, 5.74) is 11.2. The Morgan fingerprint density at radius 3 is 2.72 bits per heavy atom. The first-order chi connectivity index (χ1) is 20.2. The topological polar surface area (TPSA) is 237 Å². The van der Waals surface area contributed by atoms with Gasteiger partial charge in [-0.1, -0.05) is 39.9 Å². The van der Waals surface area contributed by atoms with Crippen LogP contribution in [0.4, 0.5) is 5.13 Å². The summed E-state index contributed by atoms with van der Waals surface area (Å²) in [5, 5.41) is 36.1. The second kappa shape index (κ2) is 13.4. The zero-order valence-corrected chi connectivity index (χ0v) is 26.4. The summed E-state index contributed by atoms with van der Waals surface area (Å²) in [4.78, 5) is 60.4. The Balaban J connectivity index is 1.47. The summed E-state index contributed by atoms with van der Waals surface area (Å²) in [6, 6.07) is -0.324. The molecule has 1 fully saturated rings. The van der Waals surface area contributed by atoms with Gasteiger partial charge in [-0.05, 0) is 11.6 Å². The minimum absolute atomic E-state index is 0.0106. The number of likely N-dealkylation sites (N-methyl/N-ethyl adjacent to an activating group) is 1. The van der Waals surface area contributed by atoms with Crippen LogP contribution < -0.4 is 21.9 Å². The summed E-state index contributed by atoms with van der Waals surface area (Å²) in [6.45, 7) is 0. The van der Waals surface area contributed by atoms with Gasteiger partial charge in [-0.15, -0.1) is 16.4 Å². The quantitative estimate of drug-likeness (QED) is 0.0507. The molecule has 2 aromatic rings. The second-order valence-electron chi connectivity index (χ2n) is 9.48. The number of carboxylic acid groups (broad SMARTS) is 1. The number of nitrogens with two attached hydrogens (primary N) is 2. The van der Waals surface area contributed by atoms with E-state index in [4.69, 9.17) is 23.1 Å². The first-order valence-electron chi connectivity index (χ1n) is 12.1. The molecule has 4 rings (SSSR count). The Hall–Kier alpha value is -2.91. The van der Waals surface area contributed by atoms with Crippen LogP contribution in [0.25, 0.3) is 0 Å². The van der Waals surface area contributed by atoms with Crippen molar-refractivity contribution in [3.63, 3.8) is 0 Å². The Bertz CT molecular complexity index is 1530. The molecule has 0 radical (unpaired) electrons. The number of hydrogen-bond donors (Lipinski definition) is 5. The van der Waals surface area contributed by atoms with Crippen molar-refractivity contribution in [3.8, 4) is 0 Å². The van der Waals surface area contributed by atoms with E-state index >= 15 is 0 Å². The number of fused-ring (bicyclic) bond motifs is 1. The molecule has 0 aliphatic carbocycles. The highest BCUT2D eigenvalue weighted by molar-refractivity contribution is 8.06. The number of nitrogens with zero attached hydrogens (tertiary/aromatic N) is 5. The van der Waals surface area contributed by atoms with E-state index in [-0.39, 0.29) is 32.4 Å². The van der Waals surface area contributed by atoms with Gasteiger partial charge in [-0.2, -0.15) is 11.8 Å². The number of nitrogens with one attached hydrogen (secondary N) is 1. The molecule has 2 aliphatic heterocycles. The van der Waals surface area contributed by atoms with Crippen molar-refractivity contribution in [2.24, 2.45) is 10.9 Å². The molecule has 0 saturated carbocycles. The van der Waals surface area contributed by atoms with Crippen molar-refractivity contribution in [3.05, 3.63) is 44.7 Å². The van der Waals surface area contributed by atoms with Gasteiger partial charge in [0, 0.05) is 39.5 Å². The van der Waals surface area contributed by atoms with E-state index in [1.165, 1.54) is 37.6 Å². The number of β-lactam (4-membered cyclic amide) rings is 1. The van der Waals surface area contributed by atoms with E-state index in [1.807, 2.05) is 0 Å². The molecule has 20 heteroatoms. The SMILES string of the molecule is C[N+](C)(O)C(=O)[C@@H](N)CSCc1cnccc1SC1=C(C(=O)[O-])N2C(=O)[C@@H](NC(=O)/C(=N\O)c3nc(N)sc3Cl)[C@@H]2SC1. The smallest absolute Gasteiger partial charge is 0.362 e. The molecule has 4 heterocycles. The van der Waals surface area contributed by atoms with Crippen LogP contribution in [0.2, 0.25) is 4.34 Å². The number of carbonyl (C=O) groups excluding carboxylic acids is 4. The second-order valence-corrected chi connectivity index (χ2v) is 14.4. The summed E-state index contributed by atoms with van der Waals surface area (Å²) in [5.74, 6) is -2.96. The van der Waals surface area contributed by atoms with E-state index in [0.29, 0.717) is 15.6 Å². The molecule has 0 spiro atoms. The number of anilines is 1. The zero-order valence-electron chi connectivity index (χ0n) is 22.4. The maximum absolute atomic E-state index is 13.1. The van der Waals surface area contributed by atoms with Crippen LogP contribution in [-0.2, 0) is 24.9 Å². The highest BCUT2D eigenvalue weighted by Gasteiger charge is 2.53. The molecule has 230 valence electrons. The van der Waals surface area contributed by atoms with Gasteiger partial charge in [-0.25, -0.2) is 15.0 Å². The van der Waals surface area contributed by atoms with Gasteiger partial charge < -0.3 is 31.9 Å². The van der Waals surface area contributed by atoms with E-state index in [9.17, 15) is 34.7 Å². The lowest BCUT2D eigenvalue weighted by Gasteiger charge is -2.50. The number of carboxylic acids is 1. The lowest BCUT2D eigenvalue weighted by molar-refractivity contribution is -1.01. The number of aliphatic carboxylic acids is 1. The number of thioether (sulfide) groups is 3. The summed E-state index contributed by atoms with van der Waals surface area (Å²) < 4.78 is -0.879. The average molecular weight is 689 g/mol. The van der Waals surface area contributed by atoms with Gasteiger partial charge in [0.15, 0.2) is 10.8 Å². The van der Waals surface area contributed by atoms with Crippen LogP contribution >= 0.6 is 58.2 Å². The number of hydroxylamine groups is 3. The van der Waals surface area contributed by atoms with Crippen LogP contribution in [0.15, 0.2) is 39.1 Å². The fraction of sp³-hybridized carbons (Fsp3) is 0.348. The first-order valence-corrected chi connectivity index (χ1v) is 16.4. The van der Waals surface area contributed by atoms with Crippen molar-refractivity contribution in [2.45, 2.75) is 28.1 Å². The van der Waals surface area contributed by atoms with Crippen LogP contribution in [0.3, 0.4) is 0 Å².